The van der Waals surface area contributed by atoms with E-state index in [2.05, 4.69) is 5.32 Å². The lowest BCUT2D eigenvalue weighted by molar-refractivity contribution is -0.118. The molecule has 92 valence electrons. The topological polar surface area (TPSA) is 92.4 Å². The minimum atomic E-state index is -0.375. The highest BCUT2D eigenvalue weighted by Crippen LogP contribution is 2.15. The van der Waals surface area contributed by atoms with Crippen molar-refractivity contribution in [3.8, 4) is 5.75 Å². The van der Waals surface area contributed by atoms with Crippen LogP contribution in [-0.4, -0.2) is 23.5 Å². The van der Waals surface area contributed by atoms with Gasteiger partial charge in [-0.2, -0.15) is 0 Å². The molecule has 0 aromatic heterocycles. The number of aromatic hydroxyl groups is 1. The molecule has 0 radical (unpaired) electrons. The number of carbonyl (C=O) groups excluding carboxylic acids is 2. The number of carbonyl (C=O) groups is 2. The highest BCUT2D eigenvalue weighted by molar-refractivity contribution is 5.95. The highest BCUT2D eigenvalue weighted by atomic mass is 16.3. The number of phenolic OH excluding ortho intramolecular Hbond substituents is 1. The van der Waals surface area contributed by atoms with Gasteiger partial charge in [0.05, 0.1) is 0 Å². The van der Waals surface area contributed by atoms with Gasteiger partial charge in [-0.15, -0.1) is 0 Å². The van der Waals surface area contributed by atoms with Crippen molar-refractivity contribution in [2.24, 2.45) is 5.73 Å². The smallest absolute Gasteiger partial charge is 0.251 e. The summed E-state index contributed by atoms with van der Waals surface area (Å²) in [5, 5.41) is 11.9. The van der Waals surface area contributed by atoms with Crippen molar-refractivity contribution in [2.45, 2.75) is 19.8 Å². The van der Waals surface area contributed by atoms with Crippen molar-refractivity contribution in [3.63, 3.8) is 0 Å². The monoisotopic (exact) mass is 236 g/mol. The summed E-state index contributed by atoms with van der Waals surface area (Å²) in [6.07, 6.45) is 0.785. The van der Waals surface area contributed by atoms with Gasteiger partial charge < -0.3 is 16.2 Å². The number of rotatable bonds is 5. The number of primary amides is 1. The van der Waals surface area contributed by atoms with Gasteiger partial charge in [-0.3, -0.25) is 9.59 Å². The van der Waals surface area contributed by atoms with E-state index in [0.717, 1.165) is 0 Å². The summed E-state index contributed by atoms with van der Waals surface area (Å²) in [5.74, 6) is -0.459. The van der Waals surface area contributed by atoms with Gasteiger partial charge in [0, 0.05) is 18.5 Å². The molecule has 0 atom stereocenters. The normalized spacial score (nSPS) is 9.94. The van der Waals surface area contributed by atoms with Crippen LogP contribution in [0.5, 0.6) is 5.75 Å². The van der Waals surface area contributed by atoms with Gasteiger partial charge in [-0.05, 0) is 37.1 Å². The zero-order chi connectivity index (χ0) is 12.8. The molecule has 1 rings (SSSR count). The van der Waals surface area contributed by atoms with Crippen molar-refractivity contribution in [2.75, 3.05) is 6.54 Å². The van der Waals surface area contributed by atoms with E-state index in [1.165, 1.54) is 12.1 Å². The number of phenols is 1. The summed E-state index contributed by atoms with van der Waals surface area (Å²) in [6.45, 7) is 2.15. The molecule has 0 aliphatic heterocycles. The second kappa shape index (κ2) is 5.89. The van der Waals surface area contributed by atoms with Gasteiger partial charge in [-0.25, -0.2) is 0 Å². The number of aryl methyl sites for hydroxylation is 1. The minimum absolute atomic E-state index is 0.132. The number of benzene rings is 1. The molecular formula is C12H16N2O3. The lowest BCUT2D eigenvalue weighted by Crippen LogP contribution is -2.26. The van der Waals surface area contributed by atoms with Crippen LogP contribution in [0, 0.1) is 6.92 Å². The molecular weight excluding hydrogens is 220 g/mol. The molecule has 0 aliphatic rings. The van der Waals surface area contributed by atoms with E-state index in [1.807, 2.05) is 0 Å². The second-order valence-electron chi connectivity index (χ2n) is 3.82. The van der Waals surface area contributed by atoms with Crippen LogP contribution < -0.4 is 11.1 Å². The van der Waals surface area contributed by atoms with Crippen LogP contribution in [0.2, 0.25) is 0 Å². The molecule has 0 aliphatic carbocycles. The van der Waals surface area contributed by atoms with Crippen LogP contribution in [0.3, 0.4) is 0 Å². The van der Waals surface area contributed by atoms with Crippen LogP contribution in [-0.2, 0) is 4.79 Å². The number of nitrogens with one attached hydrogen (secondary N) is 1. The first kappa shape index (κ1) is 13.0. The van der Waals surface area contributed by atoms with Gasteiger partial charge >= 0.3 is 0 Å². The Balaban J connectivity index is 2.50. The van der Waals surface area contributed by atoms with Crippen molar-refractivity contribution in [1.29, 1.82) is 0 Å². The maximum absolute atomic E-state index is 11.7. The summed E-state index contributed by atoms with van der Waals surface area (Å²) >= 11 is 0. The first-order valence-corrected chi connectivity index (χ1v) is 5.37. The molecule has 0 fully saturated rings. The molecule has 0 spiro atoms. The van der Waals surface area contributed by atoms with E-state index in [9.17, 15) is 14.7 Å². The van der Waals surface area contributed by atoms with E-state index in [-0.39, 0.29) is 24.0 Å². The van der Waals surface area contributed by atoms with Gasteiger partial charge in [-0.1, -0.05) is 0 Å². The Morgan fingerprint density at radius 1 is 1.41 bits per heavy atom. The summed E-state index contributed by atoms with van der Waals surface area (Å²) in [6, 6.07) is 4.55. The zero-order valence-electron chi connectivity index (χ0n) is 9.69. The highest BCUT2D eigenvalue weighted by Gasteiger charge is 2.08. The molecule has 5 nitrogen and oxygen atoms in total. The minimum Gasteiger partial charge on any atom is -0.508 e. The van der Waals surface area contributed by atoms with Gasteiger partial charge in [0.25, 0.3) is 5.91 Å². The first-order valence-electron chi connectivity index (χ1n) is 5.37. The van der Waals surface area contributed by atoms with Crippen LogP contribution in [0.15, 0.2) is 18.2 Å². The van der Waals surface area contributed by atoms with Crippen LogP contribution in [0.25, 0.3) is 0 Å². The van der Waals surface area contributed by atoms with Gasteiger partial charge in [0.15, 0.2) is 0 Å². The maximum atomic E-state index is 11.7. The van der Waals surface area contributed by atoms with Crippen molar-refractivity contribution in [3.05, 3.63) is 29.3 Å². The van der Waals surface area contributed by atoms with Crippen LogP contribution in [0.4, 0.5) is 0 Å². The molecule has 5 heteroatoms. The van der Waals surface area contributed by atoms with E-state index in [0.29, 0.717) is 24.1 Å². The average molecular weight is 236 g/mol. The standard InChI is InChI=1S/C12H16N2O3/c1-8-7-9(15)4-5-10(8)12(17)14-6-2-3-11(13)16/h4-5,7,15H,2-3,6H2,1H3,(H2,13,16)(H,14,17). The quantitative estimate of drug-likeness (QED) is 0.657. The zero-order valence-corrected chi connectivity index (χ0v) is 9.69. The Kier molecular flexibility index (Phi) is 4.51. The second-order valence-corrected chi connectivity index (χ2v) is 3.82. The largest absolute Gasteiger partial charge is 0.508 e. The Labute approximate surface area is 99.6 Å². The molecule has 1 aromatic rings. The molecule has 2 amide bonds. The lowest BCUT2D eigenvalue weighted by Gasteiger charge is -2.07. The summed E-state index contributed by atoms with van der Waals surface area (Å²) in [4.78, 5) is 22.2. The van der Waals surface area contributed by atoms with E-state index >= 15 is 0 Å². The molecule has 0 saturated carbocycles. The van der Waals surface area contributed by atoms with Gasteiger partial charge in [0.1, 0.15) is 5.75 Å². The maximum Gasteiger partial charge on any atom is 0.251 e. The van der Waals surface area contributed by atoms with E-state index in [4.69, 9.17) is 5.73 Å². The fourth-order valence-electron chi connectivity index (χ4n) is 1.46. The third-order valence-corrected chi connectivity index (χ3v) is 2.34. The summed E-state index contributed by atoms with van der Waals surface area (Å²) in [7, 11) is 0. The predicted molar refractivity (Wildman–Crippen MR) is 63.6 cm³/mol. The van der Waals surface area contributed by atoms with Crippen molar-refractivity contribution in [1.82, 2.24) is 5.32 Å². The molecule has 0 heterocycles. The average Bonchev–Trinajstić information content (AvgIpc) is 2.23. The molecule has 0 saturated heterocycles. The number of hydrogen-bond donors (Lipinski definition) is 3. The van der Waals surface area contributed by atoms with Crippen LogP contribution >= 0.6 is 0 Å². The molecule has 0 bridgehead atoms. The third-order valence-electron chi connectivity index (χ3n) is 2.34. The number of hydrogen-bond acceptors (Lipinski definition) is 3. The number of amides is 2. The molecule has 1 aromatic carbocycles. The Morgan fingerprint density at radius 2 is 2.12 bits per heavy atom. The van der Waals surface area contributed by atoms with E-state index < -0.39 is 0 Å². The summed E-state index contributed by atoms with van der Waals surface area (Å²) < 4.78 is 0. The fraction of sp³-hybridized carbons (Fsp3) is 0.333. The first-order chi connectivity index (χ1) is 8.00. The lowest BCUT2D eigenvalue weighted by atomic mass is 10.1. The van der Waals surface area contributed by atoms with Crippen molar-refractivity contribution >= 4 is 11.8 Å². The van der Waals surface area contributed by atoms with E-state index in [1.54, 1.807) is 13.0 Å². The van der Waals surface area contributed by atoms with Crippen molar-refractivity contribution < 1.29 is 14.7 Å². The van der Waals surface area contributed by atoms with Gasteiger partial charge in [0.2, 0.25) is 5.91 Å². The SMILES string of the molecule is Cc1cc(O)ccc1C(=O)NCCCC(N)=O. The number of nitrogens with two attached hydrogens (primary N) is 1. The molecule has 17 heavy (non-hydrogen) atoms. The fourth-order valence-corrected chi connectivity index (χ4v) is 1.46. The molecule has 4 N–H and O–H groups in total. The Morgan fingerprint density at radius 3 is 2.71 bits per heavy atom. The summed E-state index contributed by atoms with van der Waals surface area (Å²) in [5.41, 5.74) is 6.20. The molecule has 0 unspecified atom stereocenters. The van der Waals surface area contributed by atoms with Crippen LogP contribution in [0.1, 0.15) is 28.8 Å². The third kappa shape index (κ3) is 4.14. The predicted octanol–water partition coefficient (Wildman–Crippen LogP) is 0.696. The Hall–Kier alpha value is -2.04. The Bertz CT molecular complexity index is 430.